The van der Waals surface area contributed by atoms with Crippen LogP contribution in [0.25, 0.3) is 0 Å². The summed E-state index contributed by atoms with van der Waals surface area (Å²) in [5.74, 6) is 1.70. The molecular formula is C12H16ClNO3. The highest BCUT2D eigenvalue weighted by Gasteiger charge is 2.07. The van der Waals surface area contributed by atoms with E-state index in [1.165, 1.54) is 12.1 Å². The van der Waals surface area contributed by atoms with Crippen LogP contribution in [0.4, 0.5) is 5.69 Å². The highest BCUT2D eigenvalue weighted by molar-refractivity contribution is 6.17. The summed E-state index contributed by atoms with van der Waals surface area (Å²) in [6.45, 7) is 2.67. The summed E-state index contributed by atoms with van der Waals surface area (Å²) >= 11 is 5.63. The Morgan fingerprint density at radius 2 is 2.24 bits per heavy atom. The summed E-state index contributed by atoms with van der Waals surface area (Å²) in [7, 11) is 0. The quantitative estimate of drug-likeness (QED) is 0.426. The molecule has 0 saturated carbocycles. The van der Waals surface area contributed by atoms with Gasteiger partial charge in [0, 0.05) is 11.9 Å². The molecule has 1 unspecified atom stereocenters. The van der Waals surface area contributed by atoms with Crippen molar-refractivity contribution in [3.8, 4) is 5.75 Å². The fourth-order valence-corrected chi connectivity index (χ4v) is 1.77. The smallest absolute Gasteiger partial charge is 0.273 e. The SMILES string of the molecule is CC(CCCl)CCOc1cccc([N+](=O)[O-])c1. The molecule has 1 rings (SSSR count). The van der Waals surface area contributed by atoms with Crippen LogP contribution in [0, 0.1) is 16.0 Å². The summed E-state index contributed by atoms with van der Waals surface area (Å²) in [5, 5.41) is 10.6. The number of non-ortho nitro benzene ring substituents is 1. The minimum Gasteiger partial charge on any atom is -0.493 e. The lowest BCUT2D eigenvalue weighted by molar-refractivity contribution is -0.384. The van der Waals surface area contributed by atoms with Crippen LogP contribution in [-0.4, -0.2) is 17.4 Å². The molecule has 0 heterocycles. The summed E-state index contributed by atoms with van der Waals surface area (Å²) in [6.07, 6.45) is 1.86. The first-order chi connectivity index (χ1) is 8.13. The van der Waals surface area contributed by atoms with E-state index in [1.807, 2.05) is 0 Å². The maximum Gasteiger partial charge on any atom is 0.273 e. The molecule has 0 spiro atoms. The lowest BCUT2D eigenvalue weighted by Gasteiger charge is -2.10. The Kier molecular flexibility index (Phi) is 5.77. The molecule has 0 aliphatic rings. The minimum atomic E-state index is -0.428. The zero-order chi connectivity index (χ0) is 12.7. The summed E-state index contributed by atoms with van der Waals surface area (Å²) in [4.78, 5) is 10.1. The van der Waals surface area contributed by atoms with Crippen molar-refractivity contribution < 1.29 is 9.66 Å². The van der Waals surface area contributed by atoms with Gasteiger partial charge in [0.05, 0.1) is 17.6 Å². The Morgan fingerprint density at radius 1 is 1.47 bits per heavy atom. The fraction of sp³-hybridized carbons (Fsp3) is 0.500. The van der Waals surface area contributed by atoms with Gasteiger partial charge in [-0.3, -0.25) is 10.1 Å². The zero-order valence-electron chi connectivity index (χ0n) is 9.77. The van der Waals surface area contributed by atoms with Gasteiger partial charge in [0.2, 0.25) is 0 Å². The van der Waals surface area contributed by atoms with Crippen LogP contribution in [0.3, 0.4) is 0 Å². The number of hydrogen-bond donors (Lipinski definition) is 0. The normalized spacial score (nSPS) is 12.1. The van der Waals surface area contributed by atoms with Crippen LogP contribution in [0.5, 0.6) is 5.75 Å². The second-order valence-corrected chi connectivity index (χ2v) is 4.35. The number of halogens is 1. The van der Waals surface area contributed by atoms with E-state index >= 15 is 0 Å². The number of hydrogen-bond acceptors (Lipinski definition) is 3. The molecule has 1 atom stereocenters. The average molecular weight is 258 g/mol. The zero-order valence-corrected chi connectivity index (χ0v) is 10.5. The number of alkyl halides is 1. The lowest BCUT2D eigenvalue weighted by atomic mass is 10.1. The topological polar surface area (TPSA) is 52.4 Å². The van der Waals surface area contributed by atoms with E-state index in [0.29, 0.717) is 24.2 Å². The van der Waals surface area contributed by atoms with Crippen molar-refractivity contribution in [3.05, 3.63) is 34.4 Å². The highest BCUT2D eigenvalue weighted by atomic mass is 35.5. The van der Waals surface area contributed by atoms with Crippen LogP contribution in [0.2, 0.25) is 0 Å². The van der Waals surface area contributed by atoms with E-state index in [1.54, 1.807) is 12.1 Å². The van der Waals surface area contributed by atoms with Crippen molar-refractivity contribution in [3.63, 3.8) is 0 Å². The highest BCUT2D eigenvalue weighted by Crippen LogP contribution is 2.19. The van der Waals surface area contributed by atoms with E-state index in [4.69, 9.17) is 16.3 Å². The van der Waals surface area contributed by atoms with Gasteiger partial charge in [-0.2, -0.15) is 0 Å². The molecule has 0 radical (unpaired) electrons. The third-order valence-corrected chi connectivity index (χ3v) is 2.73. The van der Waals surface area contributed by atoms with Gasteiger partial charge in [-0.15, -0.1) is 11.6 Å². The molecule has 1 aromatic rings. The molecular weight excluding hydrogens is 242 g/mol. The van der Waals surface area contributed by atoms with E-state index in [0.717, 1.165) is 12.8 Å². The van der Waals surface area contributed by atoms with E-state index in [-0.39, 0.29) is 5.69 Å². The third-order valence-electron chi connectivity index (χ3n) is 2.51. The van der Waals surface area contributed by atoms with Crippen molar-refractivity contribution in [2.24, 2.45) is 5.92 Å². The second kappa shape index (κ2) is 7.12. The molecule has 0 aromatic heterocycles. The number of nitro groups is 1. The van der Waals surface area contributed by atoms with Crippen LogP contribution < -0.4 is 4.74 Å². The lowest BCUT2D eigenvalue weighted by Crippen LogP contribution is -2.04. The maximum absolute atomic E-state index is 10.6. The van der Waals surface area contributed by atoms with Crippen molar-refractivity contribution in [1.29, 1.82) is 0 Å². The van der Waals surface area contributed by atoms with Gasteiger partial charge in [0.1, 0.15) is 5.75 Å². The number of nitrogens with zero attached hydrogens (tertiary/aromatic N) is 1. The van der Waals surface area contributed by atoms with Gasteiger partial charge in [0.15, 0.2) is 0 Å². The Morgan fingerprint density at radius 3 is 2.88 bits per heavy atom. The Balaban J connectivity index is 2.41. The third kappa shape index (κ3) is 5.04. The molecule has 5 heteroatoms. The Bertz CT molecular complexity index is 371. The van der Waals surface area contributed by atoms with Gasteiger partial charge in [-0.1, -0.05) is 13.0 Å². The van der Waals surface area contributed by atoms with Gasteiger partial charge in [0.25, 0.3) is 5.69 Å². The van der Waals surface area contributed by atoms with Crippen LogP contribution in [-0.2, 0) is 0 Å². The van der Waals surface area contributed by atoms with Crippen molar-refractivity contribution >= 4 is 17.3 Å². The molecule has 94 valence electrons. The fourth-order valence-electron chi connectivity index (χ4n) is 1.40. The van der Waals surface area contributed by atoms with Crippen molar-refractivity contribution in [2.45, 2.75) is 19.8 Å². The predicted molar refractivity (Wildman–Crippen MR) is 67.7 cm³/mol. The monoisotopic (exact) mass is 257 g/mol. The van der Waals surface area contributed by atoms with Gasteiger partial charge >= 0.3 is 0 Å². The Labute approximate surface area is 106 Å². The van der Waals surface area contributed by atoms with Crippen LogP contribution in [0.15, 0.2) is 24.3 Å². The standard InChI is InChI=1S/C12H16ClNO3/c1-10(5-7-13)6-8-17-12-4-2-3-11(9-12)14(15)16/h2-4,9-10H,5-8H2,1H3. The molecule has 0 aliphatic heterocycles. The predicted octanol–water partition coefficient (Wildman–Crippen LogP) is 3.63. The molecule has 0 amide bonds. The molecule has 0 aliphatic carbocycles. The molecule has 4 nitrogen and oxygen atoms in total. The van der Waals surface area contributed by atoms with E-state index in [2.05, 4.69) is 6.92 Å². The van der Waals surface area contributed by atoms with Crippen LogP contribution in [0.1, 0.15) is 19.8 Å². The first kappa shape index (κ1) is 13.8. The molecule has 0 N–H and O–H groups in total. The van der Waals surface area contributed by atoms with Gasteiger partial charge < -0.3 is 4.74 Å². The molecule has 0 saturated heterocycles. The van der Waals surface area contributed by atoms with Gasteiger partial charge in [-0.05, 0) is 24.8 Å². The second-order valence-electron chi connectivity index (χ2n) is 3.97. The van der Waals surface area contributed by atoms with E-state index < -0.39 is 4.92 Å². The minimum absolute atomic E-state index is 0.0521. The number of benzene rings is 1. The first-order valence-electron chi connectivity index (χ1n) is 5.56. The van der Waals surface area contributed by atoms with Crippen LogP contribution >= 0.6 is 11.6 Å². The molecule has 1 aromatic carbocycles. The maximum atomic E-state index is 10.6. The molecule has 0 bridgehead atoms. The summed E-state index contributed by atoms with van der Waals surface area (Å²) in [5.41, 5.74) is 0.0521. The number of rotatable bonds is 7. The Hall–Kier alpha value is -1.29. The van der Waals surface area contributed by atoms with Crippen molar-refractivity contribution in [1.82, 2.24) is 0 Å². The molecule has 0 fully saturated rings. The summed E-state index contributed by atoms with van der Waals surface area (Å²) in [6, 6.07) is 6.23. The summed E-state index contributed by atoms with van der Waals surface area (Å²) < 4.78 is 5.47. The largest absolute Gasteiger partial charge is 0.493 e. The molecule has 17 heavy (non-hydrogen) atoms. The van der Waals surface area contributed by atoms with E-state index in [9.17, 15) is 10.1 Å². The average Bonchev–Trinajstić information content (AvgIpc) is 2.30. The number of nitro benzene ring substituents is 1. The number of ether oxygens (including phenoxy) is 1. The van der Waals surface area contributed by atoms with Gasteiger partial charge in [-0.25, -0.2) is 0 Å². The van der Waals surface area contributed by atoms with Crippen molar-refractivity contribution in [2.75, 3.05) is 12.5 Å². The first-order valence-corrected chi connectivity index (χ1v) is 6.10.